The lowest BCUT2D eigenvalue weighted by Gasteiger charge is -2.22. The molecule has 0 radical (unpaired) electrons. The van der Waals surface area contributed by atoms with E-state index in [1.807, 2.05) is 19.2 Å². The van der Waals surface area contributed by atoms with Gasteiger partial charge < -0.3 is 10.1 Å². The molecule has 3 heteroatoms. The van der Waals surface area contributed by atoms with Gasteiger partial charge in [-0.1, -0.05) is 12.1 Å². The monoisotopic (exact) mass is 223 g/mol. The van der Waals surface area contributed by atoms with E-state index in [4.69, 9.17) is 4.74 Å². The lowest BCUT2D eigenvalue weighted by Crippen LogP contribution is -2.39. The Balaban J connectivity index is 1.97. The molecular formula is C13H18FNO. The fourth-order valence-corrected chi connectivity index (χ4v) is 2.21. The first-order valence-corrected chi connectivity index (χ1v) is 5.83. The molecule has 0 aliphatic carbocycles. The van der Waals surface area contributed by atoms with Crippen molar-refractivity contribution in [1.82, 2.24) is 5.32 Å². The van der Waals surface area contributed by atoms with Crippen LogP contribution in [0.2, 0.25) is 0 Å². The summed E-state index contributed by atoms with van der Waals surface area (Å²) in [5.41, 5.74) is 1.15. The minimum Gasteiger partial charge on any atom is -0.377 e. The summed E-state index contributed by atoms with van der Waals surface area (Å²) in [4.78, 5) is 0. The smallest absolute Gasteiger partial charge is 0.123 e. The first kappa shape index (κ1) is 11.6. The number of hydrogen-bond donors (Lipinski definition) is 1. The quantitative estimate of drug-likeness (QED) is 0.844. The number of halogens is 1. The molecule has 0 bridgehead atoms. The van der Waals surface area contributed by atoms with Gasteiger partial charge in [-0.25, -0.2) is 4.39 Å². The average molecular weight is 223 g/mol. The van der Waals surface area contributed by atoms with Gasteiger partial charge in [0, 0.05) is 12.6 Å². The van der Waals surface area contributed by atoms with Gasteiger partial charge >= 0.3 is 0 Å². The Kier molecular flexibility index (Phi) is 3.91. The largest absolute Gasteiger partial charge is 0.377 e. The molecule has 88 valence electrons. The van der Waals surface area contributed by atoms with Gasteiger partial charge in [-0.3, -0.25) is 0 Å². The number of ether oxygens (including phenoxy) is 1. The van der Waals surface area contributed by atoms with Crippen molar-refractivity contribution in [2.75, 3.05) is 13.7 Å². The van der Waals surface area contributed by atoms with E-state index in [1.54, 1.807) is 0 Å². The minimum atomic E-state index is -0.179. The van der Waals surface area contributed by atoms with Crippen molar-refractivity contribution in [2.24, 2.45) is 0 Å². The molecule has 1 aliphatic rings. The predicted octanol–water partition coefficient (Wildman–Crippen LogP) is 2.14. The molecule has 0 saturated carbocycles. The summed E-state index contributed by atoms with van der Waals surface area (Å²) in [6, 6.07) is 7.03. The molecule has 1 heterocycles. The van der Waals surface area contributed by atoms with Crippen LogP contribution < -0.4 is 5.32 Å². The van der Waals surface area contributed by atoms with E-state index < -0.39 is 0 Å². The zero-order chi connectivity index (χ0) is 11.4. The van der Waals surface area contributed by atoms with Crippen LogP contribution in [0, 0.1) is 5.82 Å². The van der Waals surface area contributed by atoms with Crippen molar-refractivity contribution in [1.29, 1.82) is 0 Å². The molecule has 1 aromatic rings. The van der Waals surface area contributed by atoms with Crippen molar-refractivity contribution in [3.05, 3.63) is 35.6 Å². The SMILES string of the molecule is CN[C@H](Cc1ccc(F)cc1)[C@H]1CCCO1. The molecule has 16 heavy (non-hydrogen) atoms. The number of likely N-dealkylation sites (N-methyl/N-ethyl adjacent to an activating group) is 1. The fourth-order valence-electron chi connectivity index (χ4n) is 2.21. The van der Waals surface area contributed by atoms with Crippen LogP contribution in [-0.4, -0.2) is 25.8 Å². The van der Waals surface area contributed by atoms with Gasteiger partial charge in [-0.2, -0.15) is 0 Å². The summed E-state index contributed by atoms with van der Waals surface area (Å²) in [5, 5.41) is 3.29. The lowest BCUT2D eigenvalue weighted by molar-refractivity contribution is 0.0808. The Labute approximate surface area is 95.8 Å². The highest BCUT2D eigenvalue weighted by atomic mass is 19.1. The van der Waals surface area contributed by atoms with E-state index in [0.29, 0.717) is 12.1 Å². The Morgan fingerprint density at radius 1 is 1.44 bits per heavy atom. The van der Waals surface area contributed by atoms with E-state index in [9.17, 15) is 4.39 Å². The summed E-state index contributed by atoms with van der Waals surface area (Å²) in [6.07, 6.45) is 3.45. The third-order valence-electron chi connectivity index (χ3n) is 3.15. The zero-order valence-electron chi connectivity index (χ0n) is 9.58. The summed E-state index contributed by atoms with van der Waals surface area (Å²) < 4.78 is 18.4. The maximum Gasteiger partial charge on any atom is 0.123 e. The summed E-state index contributed by atoms with van der Waals surface area (Å²) in [7, 11) is 1.95. The number of hydrogen-bond acceptors (Lipinski definition) is 2. The first-order chi connectivity index (χ1) is 7.79. The average Bonchev–Trinajstić information content (AvgIpc) is 2.82. The second-order valence-corrected chi connectivity index (χ2v) is 4.28. The van der Waals surface area contributed by atoms with Crippen molar-refractivity contribution < 1.29 is 9.13 Å². The van der Waals surface area contributed by atoms with E-state index in [2.05, 4.69) is 5.32 Å². The van der Waals surface area contributed by atoms with Crippen LogP contribution in [0.4, 0.5) is 4.39 Å². The predicted molar refractivity (Wildman–Crippen MR) is 61.9 cm³/mol. The van der Waals surface area contributed by atoms with Gasteiger partial charge in [0.1, 0.15) is 5.82 Å². The van der Waals surface area contributed by atoms with Gasteiger partial charge in [0.05, 0.1) is 6.10 Å². The van der Waals surface area contributed by atoms with E-state index >= 15 is 0 Å². The molecule has 2 atom stereocenters. The Morgan fingerprint density at radius 3 is 2.75 bits per heavy atom. The van der Waals surface area contributed by atoms with Crippen LogP contribution >= 0.6 is 0 Å². The van der Waals surface area contributed by atoms with Gasteiger partial charge in [-0.15, -0.1) is 0 Å². The van der Waals surface area contributed by atoms with E-state index in [-0.39, 0.29) is 5.82 Å². The zero-order valence-corrected chi connectivity index (χ0v) is 9.58. The van der Waals surface area contributed by atoms with E-state index in [0.717, 1.165) is 31.4 Å². The highest BCUT2D eigenvalue weighted by Gasteiger charge is 2.24. The molecule has 1 saturated heterocycles. The highest BCUT2D eigenvalue weighted by molar-refractivity contribution is 5.17. The summed E-state index contributed by atoms with van der Waals surface area (Å²) >= 11 is 0. The van der Waals surface area contributed by atoms with Crippen LogP contribution in [0.5, 0.6) is 0 Å². The lowest BCUT2D eigenvalue weighted by atomic mass is 9.99. The molecule has 1 fully saturated rings. The minimum absolute atomic E-state index is 0.179. The van der Waals surface area contributed by atoms with Crippen LogP contribution in [0.25, 0.3) is 0 Å². The molecular weight excluding hydrogens is 205 g/mol. The first-order valence-electron chi connectivity index (χ1n) is 5.83. The van der Waals surface area contributed by atoms with Crippen molar-refractivity contribution in [3.63, 3.8) is 0 Å². The topological polar surface area (TPSA) is 21.3 Å². The molecule has 0 amide bonds. The van der Waals surface area contributed by atoms with E-state index in [1.165, 1.54) is 12.1 Å². The Hall–Kier alpha value is -0.930. The third-order valence-corrected chi connectivity index (χ3v) is 3.15. The van der Waals surface area contributed by atoms with Crippen molar-refractivity contribution in [2.45, 2.75) is 31.4 Å². The number of nitrogens with one attached hydrogen (secondary N) is 1. The number of rotatable bonds is 4. The molecule has 2 rings (SSSR count). The Bertz CT molecular complexity index is 319. The van der Waals surface area contributed by atoms with Crippen LogP contribution in [0.3, 0.4) is 0 Å². The number of benzene rings is 1. The molecule has 1 aliphatic heterocycles. The van der Waals surface area contributed by atoms with Crippen LogP contribution in [0.15, 0.2) is 24.3 Å². The molecule has 1 N–H and O–H groups in total. The highest BCUT2D eigenvalue weighted by Crippen LogP contribution is 2.18. The van der Waals surface area contributed by atoms with Gasteiger partial charge in [0.25, 0.3) is 0 Å². The maximum atomic E-state index is 12.8. The standard InChI is InChI=1S/C13H18FNO/c1-15-12(13-3-2-8-16-13)9-10-4-6-11(14)7-5-10/h4-7,12-13,15H,2-3,8-9H2,1H3/t12-,13-/m1/s1. The molecule has 1 aromatic carbocycles. The van der Waals surface area contributed by atoms with Gasteiger partial charge in [0.15, 0.2) is 0 Å². The molecule has 0 aromatic heterocycles. The molecule has 0 unspecified atom stereocenters. The third kappa shape index (κ3) is 2.80. The second-order valence-electron chi connectivity index (χ2n) is 4.28. The van der Waals surface area contributed by atoms with Gasteiger partial charge in [-0.05, 0) is 44.0 Å². The molecule has 0 spiro atoms. The molecule has 2 nitrogen and oxygen atoms in total. The second kappa shape index (κ2) is 5.41. The van der Waals surface area contributed by atoms with Gasteiger partial charge in [0.2, 0.25) is 0 Å². The Morgan fingerprint density at radius 2 is 2.19 bits per heavy atom. The van der Waals surface area contributed by atoms with Crippen LogP contribution in [-0.2, 0) is 11.2 Å². The normalized spacial score (nSPS) is 22.2. The van der Waals surface area contributed by atoms with Crippen molar-refractivity contribution in [3.8, 4) is 0 Å². The van der Waals surface area contributed by atoms with Crippen LogP contribution in [0.1, 0.15) is 18.4 Å². The van der Waals surface area contributed by atoms with Crippen molar-refractivity contribution >= 4 is 0 Å². The summed E-state index contributed by atoms with van der Waals surface area (Å²) in [6.45, 7) is 0.867. The summed E-state index contributed by atoms with van der Waals surface area (Å²) in [5.74, 6) is -0.179. The maximum absolute atomic E-state index is 12.8. The fraction of sp³-hybridized carbons (Fsp3) is 0.538.